The topological polar surface area (TPSA) is 328 Å². The summed E-state index contributed by atoms with van der Waals surface area (Å²) in [6, 6.07) is -7.88. The number of hydrazone groups is 1. The Balaban J connectivity index is 3.11. The third-order valence-corrected chi connectivity index (χ3v) is 7.25. The van der Waals surface area contributed by atoms with Crippen LogP contribution in [-0.4, -0.2) is 135 Å². The van der Waals surface area contributed by atoms with Crippen molar-refractivity contribution in [2.24, 2.45) is 16.6 Å². The van der Waals surface area contributed by atoms with Crippen molar-refractivity contribution in [2.75, 3.05) is 19.8 Å². The normalized spacial score (nSPS) is 17.5. The van der Waals surface area contributed by atoms with Crippen molar-refractivity contribution in [2.45, 2.75) is 95.7 Å². The van der Waals surface area contributed by atoms with Crippen molar-refractivity contribution in [3.05, 3.63) is 11.3 Å². The zero-order chi connectivity index (χ0) is 36.9. The maximum Gasteiger partial charge on any atom is 0.328 e. The Labute approximate surface area is 276 Å². The van der Waals surface area contributed by atoms with E-state index in [0.717, 1.165) is 5.01 Å². The molecule has 0 aliphatic carbocycles. The molecule has 0 bridgehead atoms. The smallest absolute Gasteiger partial charge is 0.328 e. The molecule has 0 saturated carbocycles. The van der Waals surface area contributed by atoms with Crippen LogP contribution in [0.1, 0.15) is 53.9 Å². The number of allylic oxidation sites excluding steroid dienone is 1. The Bertz CT molecular complexity index is 1280. The van der Waals surface area contributed by atoms with Crippen molar-refractivity contribution in [3.63, 3.8) is 0 Å². The van der Waals surface area contributed by atoms with E-state index in [4.69, 9.17) is 16.6 Å². The second-order valence-corrected chi connectivity index (χ2v) is 11.5. The number of aliphatic carboxylic acids is 1. The fourth-order valence-corrected chi connectivity index (χ4v) is 4.13. The van der Waals surface area contributed by atoms with Crippen molar-refractivity contribution in [3.8, 4) is 0 Å². The van der Waals surface area contributed by atoms with E-state index < -0.39 is 103 Å². The van der Waals surface area contributed by atoms with Crippen molar-refractivity contribution < 1.29 is 54.0 Å². The number of nitrogens with two attached hydrogens (primary N) is 2. The minimum Gasteiger partial charge on any atom is -0.480 e. The first kappa shape index (κ1) is 41.5. The number of rotatable bonds is 17. The lowest BCUT2D eigenvalue weighted by atomic mass is 10.0. The number of aliphatic hydroxyl groups is 3. The maximum absolute atomic E-state index is 13.6. The summed E-state index contributed by atoms with van der Waals surface area (Å²) in [5, 5.41) is 53.5. The Morgan fingerprint density at radius 2 is 1.56 bits per heavy atom. The number of carbonyl (C=O) groups excluding carboxylic acids is 6. The van der Waals surface area contributed by atoms with Crippen LogP contribution in [0, 0.1) is 0 Å². The second-order valence-electron chi connectivity index (χ2n) is 11.5. The number of nitrogens with zero attached hydrogens (tertiary/aromatic N) is 2. The summed E-state index contributed by atoms with van der Waals surface area (Å²) < 4.78 is 0. The third-order valence-electron chi connectivity index (χ3n) is 7.25. The van der Waals surface area contributed by atoms with E-state index in [-0.39, 0.29) is 25.0 Å². The molecule has 0 aromatic rings. The van der Waals surface area contributed by atoms with Crippen molar-refractivity contribution in [1.82, 2.24) is 31.6 Å². The van der Waals surface area contributed by atoms with Gasteiger partial charge in [0.05, 0.1) is 19.8 Å². The number of nitrogens with one attached hydrogen (secondary N) is 5. The molecule has 6 atom stereocenters. The van der Waals surface area contributed by atoms with Gasteiger partial charge in [0.15, 0.2) is 6.04 Å². The molecule has 48 heavy (non-hydrogen) atoms. The van der Waals surface area contributed by atoms with E-state index in [2.05, 4.69) is 31.7 Å². The predicted octanol–water partition coefficient (Wildman–Crippen LogP) is -5.15. The lowest BCUT2D eigenvalue weighted by Gasteiger charge is -2.34. The number of hydrogen-bond donors (Lipinski definition) is 11. The van der Waals surface area contributed by atoms with Gasteiger partial charge in [0.2, 0.25) is 23.6 Å². The third kappa shape index (κ3) is 11.0. The molecular weight excluding hydrogens is 638 g/mol. The summed E-state index contributed by atoms with van der Waals surface area (Å²) in [5.41, 5.74) is 9.55. The largest absolute Gasteiger partial charge is 0.480 e. The van der Waals surface area contributed by atoms with Crippen LogP contribution in [0.15, 0.2) is 16.4 Å². The lowest BCUT2D eigenvalue weighted by molar-refractivity contribution is -0.145. The zero-order valence-corrected chi connectivity index (χ0v) is 27.5. The Kier molecular flexibility index (Phi) is 16.2. The lowest BCUT2D eigenvalue weighted by Crippen LogP contribution is -2.64. The number of hydrogen-bond acceptors (Lipinski definition) is 13. The van der Waals surface area contributed by atoms with E-state index in [1.807, 2.05) is 0 Å². The molecule has 1 aliphatic rings. The predicted molar refractivity (Wildman–Crippen MR) is 168 cm³/mol. The van der Waals surface area contributed by atoms with Crippen LogP contribution < -0.4 is 38.1 Å². The second kappa shape index (κ2) is 18.7. The van der Waals surface area contributed by atoms with Gasteiger partial charge in [0, 0.05) is 12.3 Å². The maximum atomic E-state index is 13.6. The van der Waals surface area contributed by atoms with E-state index in [1.54, 1.807) is 6.92 Å². The highest BCUT2D eigenvalue weighted by molar-refractivity contribution is 6.02. The first-order valence-corrected chi connectivity index (χ1v) is 15.0. The molecule has 20 heteroatoms. The molecule has 0 spiro atoms. The van der Waals surface area contributed by atoms with Gasteiger partial charge in [-0.3, -0.25) is 28.8 Å². The average molecular weight is 686 g/mol. The highest BCUT2D eigenvalue weighted by Gasteiger charge is 2.40. The van der Waals surface area contributed by atoms with Gasteiger partial charge in [0.1, 0.15) is 35.4 Å². The molecule has 13 N–H and O–H groups in total. The average Bonchev–Trinajstić information content (AvgIpc) is 3.05. The van der Waals surface area contributed by atoms with Gasteiger partial charge in [-0.1, -0.05) is 6.92 Å². The highest BCUT2D eigenvalue weighted by atomic mass is 16.4. The van der Waals surface area contributed by atoms with E-state index >= 15 is 0 Å². The summed E-state index contributed by atoms with van der Waals surface area (Å²) in [7, 11) is 0. The van der Waals surface area contributed by atoms with E-state index in [0.29, 0.717) is 5.57 Å². The van der Waals surface area contributed by atoms with Crippen LogP contribution in [0.3, 0.4) is 0 Å². The van der Waals surface area contributed by atoms with Crippen LogP contribution in [0.25, 0.3) is 0 Å². The number of carboxylic acids is 1. The minimum atomic E-state index is -2.07. The summed E-state index contributed by atoms with van der Waals surface area (Å²) in [4.78, 5) is 89.3. The fourth-order valence-electron chi connectivity index (χ4n) is 4.13. The van der Waals surface area contributed by atoms with Crippen LogP contribution in [0.2, 0.25) is 0 Å². The minimum absolute atomic E-state index is 0.0341. The van der Waals surface area contributed by atoms with Gasteiger partial charge >= 0.3 is 5.97 Å². The molecule has 20 nitrogen and oxygen atoms in total. The molecule has 0 aromatic heterocycles. The molecule has 0 radical (unpaired) electrons. The highest BCUT2D eigenvalue weighted by Crippen LogP contribution is 2.16. The number of carbonyl (C=O) groups is 7. The van der Waals surface area contributed by atoms with Crippen molar-refractivity contribution >= 4 is 47.6 Å². The molecule has 6 amide bonds. The first-order valence-electron chi connectivity index (χ1n) is 15.0. The van der Waals surface area contributed by atoms with E-state index in [1.165, 1.54) is 33.9 Å². The van der Waals surface area contributed by atoms with Gasteiger partial charge in [0.25, 0.3) is 11.8 Å². The number of aliphatic hydroxyl groups excluding tert-OH is 3. The quantitative estimate of drug-likeness (QED) is 0.0639. The first-order chi connectivity index (χ1) is 22.4. The molecule has 0 saturated heterocycles. The molecule has 270 valence electrons. The number of amides is 6. The molecule has 0 aromatic carbocycles. The van der Waals surface area contributed by atoms with Crippen LogP contribution in [0.4, 0.5) is 0 Å². The van der Waals surface area contributed by atoms with Crippen molar-refractivity contribution in [1.29, 1.82) is 0 Å². The summed E-state index contributed by atoms with van der Waals surface area (Å²) in [6.45, 7) is 4.47. The van der Waals surface area contributed by atoms with Gasteiger partial charge in [-0.25, -0.2) is 9.80 Å². The summed E-state index contributed by atoms with van der Waals surface area (Å²) in [6.07, 6.45) is 1.75. The standard InChI is InChI=1S/C28H47N9O11/c1-6-16(22(42)35-19(13(2)3)24(44)34-17(10-38)26(46)47)33-23(43)18-8-7-9-31-37(18)25(45)20(14(4)29)36-21(41)15(5)32-27(48)28(30,11-39)12-40/h9,14-18,20,38-40H,6-8,10-12,29-30H2,1-5H3,(H,32,48)(H,33,43)(H,34,44)(H,35,42)(H,36,41)(H,46,47). The zero-order valence-electron chi connectivity index (χ0n) is 27.5. The van der Waals surface area contributed by atoms with E-state index in [9.17, 15) is 48.9 Å². The molecular formula is C28H47N9O11. The molecule has 1 aliphatic heterocycles. The number of carboxylic acid groups (broad SMARTS) is 1. The monoisotopic (exact) mass is 685 g/mol. The molecule has 1 heterocycles. The van der Waals surface area contributed by atoms with Crippen LogP contribution >= 0.6 is 0 Å². The Morgan fingerprint density at radius 1 is 0.958 bits per heavy atom. The molecule has 6 unspecified atom stereocenters. The fraction of sp³-hybridized carbons (Fsp3) is 0.643. The van der Waals surface area contributed by atoms with Crippen LogP contribution in [-0.2, 0) is 33.6 Å². The molecule has 1 rings (SSSR count). The van der Waals surface area contributed by atoms with Crippen LogP contribution in [0.5, 0.6) is 0 Å². The van der Waals surface area contributed by atoms with Gasteiger partial charge in [-0.15, -0.1) is 0 Å². The SMILES string of the molecule is CCC(NC(=O)C1CCC=NN1C(=O)C(NC(=O)C(C)NC(=O)C(N)(CO)CO)C(C)N)C(=O)NC(C(=O)NC(CO)C(=O)O)=C(C)C. The molecule has 0 fully saturated rings. The Hall–Kier alpha value is -4.50. The summed E-state index contributed by atoms with van der Waals surface area (Å²) in [5.74, 6) is -6.89. The van der Waals surface area contributed by atoms with Gasteiger partial charge < -0.3 is 58.5 Å². The Morgan fingerprint density at radius 3 is 2.04 bits per heavy atom. The van der Waals surface area contributed by atoms with Gasteiger partial charge in [-0.05, 0) is 52.5 Å². The van der Waals surface area contributed by atoms with Gasteiger partial charge in [-0.2, -0.15) is 5.10 Å². The summed E-state index contributed by atoms with van der Waals surface area (Å²) >= 11 is 0.